The number of para-hydroxylation sites is 1. The fraction of sp³-hybridized carbons (Fsp3) is 0.450. The van der Waals surface area contributed by atoms with Crippen LogP contribution in [0.3, 0.4) is 0 Å². The summed E-state index contributed by atoms with van der Waals surface area (Å²) in [6.45, 7) is 5.04. The quantitative estimate of drug-likeness (QED) is 0.825. The zero-order valence-corrected chi connectivity index (χ0v) is 15.1. The molecule has 0 bridgehead atoms. The highest BCUT2D eigenvalue weighted by Gasteiger charge is 2.22. The predicted molar refractivity (Wildman–Crippen MR) is 99.5 cm³/mol. The normalized spacial score (nSPS) is 20.7. The van der Waals surface area contributed by atoms with Crippen LogP contribution in [0.2, 0.25) is 0 Å². The fourth-order valence-corrected chi connectivity index (χ4v) is 3.61. The molecule has 4 rings (SSSR count). The van der Waals surface area contributed by atoms with E-state index in [-0.39, 0.29) is 6.10 Å². The molecule has 0 saturated carbocycles. The molecule has 2 aromatic rings. The van der Waals surface area contributed by atoms with E-state index < -0.39 is 0 Å². The molecular weight excluding hydrogens is 330 g/mol. The zero-order chi connectivity index (χ0) is 17.8. The summed E-state index contributed by atoms with van der Waals surface area (Å²) in [6, 6.07) is 7.96. The van der Waals surface area contributed by atoms with Crippen LogP contribution in [-0.4, -0.2) is 60.7 Å². The van der Waals surface area contributed by atoms with E-state index in [0.717, 1.165) is 56.3 Å². The Balaban J connectivity index is 1.43. The van der Waals surface area contributed by atoms with Gasteiger partial charge in [-0.05, 0) is 30.2 Å². The summed E-state index contributed by atoms with van der Waals surface area (Å²) in [7, 11) is 1.68. The Morgan fingerprint density at radius 2 is 2.27 bits per heavy atom. The number of hydrogen-bond donors (Lipinski definition) is 0. The molecule has 2 aliphatic rings. The Labute approximate surface area is 154 Å². The Morgan fingerprint density at radius 1 is 1.31 bits per heavy atom. The first-order chi connectivity index (χ1) is 12.8. The van der Waals surface area contributed by atoms with Gasteiger partial charge >= 0.3 is 0 Å². The number of benzene rings is 1. The number of rotatable bonds is 5. The zero-order valence-electron chi connectivity index (χ0n) is 15.1. The van der Waals surface area contributed by atoms with E-state index in [2.05, 4.69) is 22.1 Å². The van der Waals surface area contributed by atoms with Crippen molar-refractivity contribution in [1.82, 2.24) is 14.7 Å². The van der Waals surface area contributed by atoms with Gasteiger partial charge in [0.1, 0.15) is 6.61 Å². The van der Waals surface area contributed by atoms with E-state index in [1.807, 2.05) is 35.3 Å². The summed E-state index contributed by atoms with van der Waals surface area (Å²) in [5, 5.41) is 4.30. The van der Waals surface area contributed by atoms with Crippen molar-refractivity contribution in [3.05, 3.63) is 47.8 Å². The smallest absolute Gasteiger partial charge is 0.168 e. The Hall–Kier alpha value is -2.31. The molecule has 6 nitrogen and oxygen atoms in total. The van der Waals surface area contributed by atoms with Crippen molar-refractivity contribution in [1.29, 1.82) is 0 Å². The van der Waals surface area contributed by atoms with Gasteiger partial charge < -0.3 is 14.2 Å². The van der Waals surface area contributed by atoms with Gasteiger partial charge in [0, 0.05) is 44.2 Å². The van der Waals surface area contributed by atoms with E-state index >= 15 is 0 Å². The molecule has 0 amide bonds. The number of fused-ring (bicyclic) bond motifs is 1. The number of hydrogen-bond acceptors (Lipinski definition) is 5. The third-order valence-electron chi connectivity index (χ3n) is 4.80. The van der Waals surface area contributed by atoms with Crippen LogP contribution in [0.4, 0.5) is 0 Å². The first-order valence-electron chi connectivity index (χ1n) is 9.12. The van der Waals surface area contributed by atoms with Crippen LogP contribution in [0.25, 0.3) is 6.08 Å². The fourth-order valence-electron chi connectivity index (χ4n) is 3.61. The SMILES string of the molecule is COc1cccc2c1OCC(CN1CCCO[C@H](Cn3cccn3)C1)=C2. The first kappa shape index (κ1) is 17.1. The van der Waals surface area contributed by atoms with Gasteiger partial charge in [-0.15, -0.1) is 0 Å². The molecule has 2 aliphatic heterocycles. The average molecular weight is 355 g/mol. The molecule has 0 aliphatic carbocycles. The molecule has 138 valence electrons. The van der Waals surface area contributed by atoms with Gasteiger partial charge in [-0.2, -0.15) is 5.10 Å². The molecule has 0 radical (unpaired) electrons. The topological polar surface area (TPSA) is 48.8 Å². The van der Waals surface area contributed by atoms with Crippen LogP contribution in [-0.2, 0) is 11.3 Å². The minimum atomic E-state index is 0.162. The Kier molecular flexibility index (Phi) is 5.22. The molecule has 3 heterocycles. The summed E-state index contributed by atoms with van der Waals surface area (Å²) in [5.74, 6) is 1.63. The van der Waals surface area contributed by atoms with Gasteiger partial charge in [0.15, 0.2) is 11.5 Å². The van der Waals surface area contributed by atoms with E-state index in [4.69, 9.17) is 14.2 Å². The second-order valence-electron chi connectivity index (χ2n) is 6.78. The predicted octanol–water partition coefficient (Wildman–Crippen LogP) is 2.46. The molecule has 0 spiro atoms. The second-order valence-corrected chi connectivity index (χ2v) is 6.78. The third kappa shape index (κ3) is 3.92. The summed E-state index contributed by atoms with van der Waals surface area (Å²) in [6.07, 6.45) is 7.24. The highest BCUT2D eigenvalue weighted by Crippen LogP contribution is 2.35. The minimum absolute atomic E-state index is 0.162. The second kappa shape index (κ2) is 7.93. The van der Waals surface area contributed by atoms with E-state index in [9.17, 15) is 0 Å². The number of nitrogens with zero attached hydrogens (tertiary/aromatic N) is 3. The highest BCUT2D eigenvalue weighted by atomic mass is 16.5. The highest BCUT2D eigenvalue weighted by molar-refractivity contribution is 5.66. The minimum Gasteiger partial charge on any atom is -0.493 e. The molecule has 1 atom stereocenters. The van der Waals surface area contributed by atoms with E-state index in [1.165, 1.54) is 5.57 Å². The van der Waals surface area contributed by atoms with Crippen molar-refractivity contribution in [2.45, 2.75) is 19.1 Å². The molecule has 6 heteroatoms. The van der Waals surface area contributed by atoms with Gasteiger partial charge in [0.05, 0.1) is 19.8 Å². The lowest BCUT2D eigenvalue weighted by atomic mass is 10.1. The summed E-state index contributed by atoms with van der Waals surface area (Å²) < 4.78 is 19.3. The molecule has 0 N–H and O–H groups in total. The number of methoxy groups -OCH3 is 1. The van der Waals surface area contributed by atoms with Gasteiger partial charge in [-0.25, -0.2) is 0 Å². The standard InChI is InChI=1S/C20H25N3O3/c1-24-19-6-2-5-17-11-16(15-26-20(17)19)12-22-8-4-10-25-18(13-22)14-23-9-3-7-21-23/h2-3,5-7,9,11,18H,4,8,10,12-15H2,1H3/t18-/m0/s1. The molecule has 26 heavy (non-hydrogen) atoms. The van der Waals surface area contributed by atoms with E-state index in [0.29, 0.717) is 6.61 Å². The van der Waals surface area contributed by atoms with Crippen molar-refractivity contribution >= 4 is 6.08 Å². The van der Waals surface area contributed by atoms with Gasteiger partial charge in [-0.1, -0.05) is 12.1 Å². The maximum absolute atomic E-state index is 6.01. The van der Waals surface area contributed by atoms with Crippen LogP contribution in [0.15, 0.2) is 42.2 Å². The number of aromatic nitrogens is 2. The molecular formula is C20H25N3O3. The summed E-state index contributed by atoms with van der Waals surface area (Å²) in [4.78, 5) is 2.46. The third-order valence-corrected chi connectivity index (χ3v) is 4.80. The molecule has 1 aromatic carbocycles. The largest absolute Gasteiger partial charge is 0.493 e. The van der Waals surface area contributed by atoms with Gasteiger partial charge in [-0.3, -0.25) is 9.58 Å². The lowest BCUT2D eigenvalue weighted by molar-refractivity contribution is 0.0409. The van der Waals surface area contributed by atoms with Crippen LogP contribution < -0.4 is 9.47 Å². The molecule has 1 saturated heterocycles. The van der Waals surface area contributed by atoms with Crippen LogP contribution >= 0.6 is 0 Å². The Bertz CT molecular complexity index is 758. The van der Waals surface area contributed by atoms with Crippen molar-refractivity contribution in [2.75, 3.05) is 40.0 Å². The number of ether oxygens (including phenoxy) is 3. The maximum atomic E-state index is 6.01. The van der Waals surface area contributed by atoms with Crippen molar-refractivity contribution in [2.24, 2.45) is 0 Å². The van der Waals surface area contributed by atoms with Gasteiger partial charge in [0.2, 0.25) is 0 Å². The van der Waals surface area contributed by atoms with Gasteiger partial charge in [0.25, 0.3) is 0 Å². The average Bonchev–Trinajstić information content (AvgIpc) is 3.07. The van der Waals surface area contributed by atoms with E-state index in [1.54, 1.807) is 7.11 Å². The lowest BCUT2D eigenvalue weighted by Crippen LogP contribution is -2.36. The van der Waals surface area contributed by atoms with Crippen LogP contribution in [0.1, 0.15) is 12.0 Å². The van der Waals surface area contributed by atoms with Crippen LogP contribution in [0, 0.1) is 0 Å². The molecule has 0 unspecified atom stereocenters. The first-order valence-corrected chi connectivity index (χ1v) is 9.12. The maximum Gasteiger partial charge on any atom is 0.168 e. The van der Waals surface area contributed by atoms with Crippen molar-refractivity contribution < 1.29 is 14.2 Å². The summed E-state index contributed by atoms with van der Waals surface area (Å²) >= 11 is 0. The van der Waals surface area contributed by atoms with Crippen molar-refractivity contribution in [3.8, 4) is 11.5 Å². The molecule has 1 aromatic heterocycles. The monoisotopic (exact) mass is 355 g/mol. The van der Waals surface area contributed by atoms with Crippen molar-refractivity contribution in [3.63, 3.8) is 0 Å². The van der Waals surface area contributed by atoms with Crippen LogP contribution in [0.5, 0.6) is 11.5 Å². The lowest BCUT2D eigenvalue weighted by Gasteiger charge is -2.27. The summed E-state index contributed by atoms with van der Waals surface area (Å²) in [5.41, 5.74) is 2.37. The Morgan fingerprint density at radius 3 is 3.12 bits per heavy atom. The molecule has 1 fully saturated rings.